The maximum Gasteiger partial charge on any atom is 0.224 e. The third-order valence-electron chi connectivity index (χ3n) is 3.62. The molecule has 110 valence electrons. The molecule has 2 aromatic carbocycles. The molecule has 21 heavy (non-hydrogen) atoms. The van der Waals surface area contributed by atoms with E-state index in [9.17, 15) is 4.79 Å². The van der Waals surface area contributed by atoms with Gasteiger partial charge in [0.2, 0.25) is 5.91 Å². The van der Waals surface area contributed by atoms with Crippen LogP contribution in [0.15, 0.2) is 48.5 Å². The predicted molar refractivity (Wildman–Crippen MR) is 88.3 cm³/mol. The zero-order valence-electron chi connectivity index (χ0n) is 12.6. The summed E-state index contributed by atoms with van der Waals surface area (Å²) in [7, 11) is 0. The zero-order chi connectivity index (χ0) is 15.2. The van der Waals surface area contributed by atoms with Crippen LogP contribution in [-0.2, 0) is 11.2 Å². The summed E-state index contributed by atoms with van der Waals surface area (Å²) in [6.07, 6.45) is 1.42. The van der Waals surface area contributed by atoms with Gasteiger partial charge in [-0.1, -0.05) is 38.1 Å². The highest BCUT2D eigenvalue weighted by Crippen LogP contribution is 2.21. The second kappa shape index (κ2) is 6.93. The molecule has 0 aliphatic rings. The van der Waals surface area contributed by atoms with Gasteiger partial charge in [0.25, 0.3) is 0 Å². The molecule has 0 radical (unpaired) electrons. The molecule has 1 atom stereocenters. The lowest BCUT2D eigenvalue weighted by Gasteiger charge is -2.13. The second-order valence-electron chi connectivity index (χ2n) is 5.37. The second-order valence-corrected chi connectivity index (χ2v) is 5.37. The Labute approximate surface area is 126 Å². The van der Waals surface area contributed by atoms with Crippen molar-refractivity contribution in [2.45, 2.75) is 32.6 Å². The fourth-order valence-electron chi connectivity index (χ4n) is 2.30. The molecule has 1 unspecified atom stereocenters. The summed E-state index contributed by atoms with van der Waals surface area (Å²) in [4.78, 5) is 12.1. The lowest BCUT2D eigenvalue weighted by molar-refractivity contribution is -0.116. The minimum Gasteiger partial charge on any atom is -0.399 e. The molecule has 2 rings (SSSR count). The zero-order valence-corrected chi connectivity index (χ0v) is 12.6. The molecule has 0 saturated carbocycles. The van der Waals surface area contributed by atoms with Crippen molar-refractivity contribution in [3.63, 3.8) is 0 Å². The van der Waals surface area contributed by atoms with E-state index in [-0.39, 0.29) is 11.8 Å². The number of hydrogen-bond acceptors (Lipinski definition) is 2. The van der Waals surface area contributed by atoms with Gasteiger partial charge in [-0.15, -0.1) is 0 Å². The van der Waals surface area contributed by atoms with Gasteiger partial charge >= 0.3 is 0 Å². The Kier molecular flexibility index (Phi) is 4.99. The van der Waals surface area contributed by atoms with Crippen molar-refractivity contribution >= 4 is 17.3 Å². The molecule has 0 aromatic heterocycles. The maximum absolute atomic E-state index is 12.1. The number of hydrogen-bond donors (Lipinski definition) is 2. The molecule has 3 nitrogen and oxygen atoms in total. The third kappa shape index (κ3) is 4.35. The van der Waals surface area contributed by atoms with Crippen molar-refractivity contribution < 1.29 is 4.79 Å². The van der Waals surface area contributed by atoms with Crippen LogP contribution in [0.3, 0.4) is 0 Å². The van der Waals surface area contributed by atoms with Gasteiger partial charge in [0.05, 0.1) is 0 Å². The molecule has 0 aliphatic carbocycles. The van der Waals surface area contributed by atoms with Crippen molar-refractivity contribution in [1.82, 2.24) is 0 Å². The van der Waals surface area contributed by atoms with Crippen LogP contribution in [-0.4, -0.2) is 5.91 Å². The first-order valence-electron chi connectivity index (χ1n) is 7.32. The van der Waals surface area contributed by atoms with Crippen molar-refractivity contribution in [3.8, 4) is 0 Å². The summed E-state index contributed by atoms with van der Waals surface area (Å²) < 4.78 is 0. The monoisotopic (exact) mass is 282 g/mol. The van der Waals surface area contributed by atoms with Crippen molar-refractivity contribution in [1.29, 1.82) is 0 Å². The summed E-state index contributed by atoms with van der Waals surface area (Å²) >= 11 is 0. The topological polar surface area (TPSA) is 55.1 Å². The first-order chi connectivity index (χ1) is 10.1. The van der Waals surface area contributed by atoms with E-state index in [0.29, 0.717) is 6.42 Å². The molecule has 2 aromatic rings. The van der Waals surface area contributed by atoms with Gasteiger partial charge in [-0.05, 0) is 47.7 Å². The summed E-state index contributed by atoms with van der Waals surface area (Å²) in [5, 5.41) is 2.97. The standard InChI is InChI=1S/C18H22N2O/c1-3-14-5-4-6-17(12-14)20-18(21)11-13(2)15-7-9-16(19)10-8-15/h4-10,12-13H,3,11,19H2,1-2H3,(H,20,21). The third-order valence-corrected chi connectivity index (χ3v) is 3.62. The van der Waals surface area contributed by atoms with Gasteiger partial charge in [-0.2, -0.15) is 0 Å². The molecule has 3 heteroatoms. The molecule has 3 N–H and O–H groups in total. The molecule has 1 amide bonds. The largest absolute Gasteiger partial charge is 0.399 e. The van der Waals surface area contributed by atoms with E-state index in [4.69, 9.17) is 5.73 Å². The van der Waals surface area contributed by atoms with Gasteiger partial charge in [-0.3, -0.25) is 4.79 Å². The number of nitrogens with one attached hydrogen (secondary N) is 1. The molecule has 0 bridgehead atoms. The summed E-state index contributed by atoms with van der Waals surface area (Å²) in [5.74, 6) is 0.201. The van der Waals surface area contributed by atoms with E-state index in [1.807, 2.05) is 49.4 Å². The van der Waals surface area contributed by atoms with Crippen molar-refractivity contribution in [2.24, 2.45) is 0 Å². The number of benzene rings is 2. The predicted octanol–water partition coefficient (Wildman–Crippen LogP) is 3.96. The Bertz CT molecular complexity index is 605. The molecule has 0 heterocycles. The number of rotatable bonds is 5. The SMILES string of the molecule is CCc1cccc(NC(=O)CC(C)c2ccc(N)cc2)c1. The highest BCUT2D eigenvalue weighted by Gasteiger charge is 2.11. The van der Waals surface area contributed by atoms with Crippen LogP contribution in [0.1, 0.15) is 37.3 Å². The van der Waals surface area contributed by atoms with E-state index in [0.717, 1.165) is 23.4 Å². The maximum atomic E-state index is 12.1. The number of amides is 1. The normalized spacial score (nSPS) is 11.9. The van der Waals surface area contributed by atoms with Crippen LogP contribution in [0.4, 0.5) is 11.4 Å². The van der Waals surface area contributed by atoms with Crippen LogP contribution in [0.25, 0.3) is 0 Å². The fourth-order valence-corrected chi connectivity index (χ4v) is 2.30. The number of nitrogen functional groups attached to an aromatic ring is 1. The van der Waals surface area contributed by atoms with Crippen LogP contribution in [0, 0.1) is 0 Å². The van der Waals surface area contributed by atoms with Gasteiger partial charge in [0.1, 0.15) is 0 Å². The van der Waals surface area contributed by atoms with Gasteiger partial charge in [-0.25, -0.2) is 0 Å². The Hall–Kier alpha value is -2.29. The average Bonchev–Trinajstić information content (AvgIpc) is 2.47. The smallest absolute Gasteiger partial charge is 0.224 e. The van der Waals surface area contributed by atoms with Crippen molar-refractivity contribution in [2.75, 3.05) is 11.1 Å². The first-order valence-corrected chi connectivity index (χ1v) is 7.32. The lowest BCUT2D eigenvalue weighted by Crippen LogP contribution is -2.14. The Balaban J connectivity index is 1.96. The van der Waals surface area contributed by atoms with Crippen LogP contribution < -0.4 is 11.1 Å². The summed E-state index contributed by atoms with van der Waals surface area (Å²) in [5.41, 5.74) is 9.63. The fraction of sp³-hybridized carbons (Fsp3) is 0.278. The Morgan fingerprint density at radius 2 is 1.90 bits per heavy atom. The molecule has 0 aliphatic heterocycles. The van der Waals surface area contributed by atoms with Gasteiger partial charge in [0.15, 0.2) is 0 Å². The van der Waals surface area contributed by atoms with Crippen LogP contribution in [0.5, 0.6) is 0 Å². The lowest BCUT2D eigenvalue weighted by atomic mass is 9.97. The molecular formula is C18H22N2O. The Morgan fingerprint density at radius 1 is 1.19 bits per heavy atom. The molecule has 0 spiro atoms. The highest BCUT2D eigenvalue weighted by atomic mass is 16.1. The van der Waals surface area contributed by atoms with Gasteiger partial charge < -0.3 is 11.1 Å². The van der Waals surface area contributed by atoms with Crippen LogP contribution in [0.2, 0.25) is 0 Å². The van der Waals surface area contributed by atoms with E-state index in [1.54, 1.807) is 0 Å². The molecular weight excluding hydrogens is 260 g/mol. The van der Waals surface area contributed by atoms with Gasteiger partial charge in [0, 0.05) is 17.8 Å². The molecule has 0 saturated heterocycles. The number of carbonyl (C=O) groups excluding carboxylic acids is 1. The number of aryl methyl sites for hydroxylation is 1. The number of anilines is 2. The minimum atomic E-state index is 0.0348. The first kappa shape index (κ1) is 15.1. The van der Waals surface area contributed by atoms with E-state index < -0.39 is 0 Å². The summed E-state index contributed by atoms with van der Waals surface area (Å²) in [6, 6.07) is 15.7. The number of carbonyl (C=O) groups is 1. The molecule has 0 fully saturated rings. The Morgan fingerprint density at radius 3 is 2.57 bits per heavy atom. The highest BCUT2D eigenvalue weighted by molar-refractivity contribution is 5.91. The summed E-state index contributed by atoms with van der Waals surface area (Å²) in [6.45, 7) is 4.15. The van der Waals surface area contributed by atoms with Crippen molar-refractivity contribution in [3.05, 3.63) is 59.7 Å². The van der Waals surface area contributed by atoms with Crippen LogP contribution >= 0.6 is 0 Å². The quantitative estimate of drug-likeness (QED) is 0.815. The van der Waals surface area contributed by atoms with E-state index in [2.05, 4.69) is 18.3 Å². The average molecular weight is 282 g/mol. The van der Waals surface area contributed by atoms with E-state index >= 15 is 0 Å². The number of nitrogens with two attached hydrogens (primary N) is 1. The van der Waals surface area contributed by atoms with E-state index in [1.165, 1.54) is 5.56 Å². The minimum absolute atomic E-state index is 0.0348.